The van der Waals surface area contributed by atoms with Gasteiger partial charge in [-0.25, -0.2) is 4.90 Å². The van der Waals surface area contributed by atoms with Gasteiger partial charge >= 0.3 is 0 Å². The number of aryl methyl sites for hydroxylation is 1. The smallest absolute Gasteiger partial charge is 0.272 e. The zero-order chi connectivity index (χ0) is 19.6. The number of benzene rings is 2. The van der Waals surface area contributed by atoms with Gasteiger partial charge in [-0.15, -0.1) is 11.8 Å². The summed E-state index contributed by atoms with van der Waals surface area (Å²) in [5.41, 5.74) is 3.33. The van der Waals surface area contributed by atoms with E-state index in [9.17, 15) is 14.4 Å². The topological polar surface area (TPSA) is 66.5 Å². The number of thioether (sulfide) groups is 1. The first-order valence-corrected chi connectivity index (χ1v) is 9.61. The predicted octanol–water partition coefficient (Wildman–Crippen LogP) is 3.99. The van der Waals surface area contributed by atoms with Crippen molar-refractivity contribution >= 4 is 46.4 Å². The largest absolute Gasteiger partial charge is 0.326 e. The van der Waals surface area contributed by atoms with Crippen molar-refractivity contribution in [1.29, 1.82) is 0 Å². The van der Waals surface area contributed by atoms with Crippen LogP contribution in [0.4, 0.5) is 11.4 Å². The number of imide groups is 1. The molecular weight excluding hydrogens is 360 g/mol. The number of carbonyl (C=O) groups is 3. The number of anilines is 2. The molecule has 0 aromatic heterocycles. The Kier molecular flexibility index (Phi) is 5.46. The quantitative estimate of drug-likeness (QED) is 0.797. The molecule has 0 aliphatic carbocycles. The highest BCUT2D eigenvalue weighted by Gasteiger charge is 2.39. The molecule has 2 aromatic carbocycles. The summed E-state index contributed by atoms with van der Waals surface area (Å²) in [5, 5.41) is 2.70. The molecule has 0 saturated heterocycles. The maximum atomic E-state index is 13.1. The molecule has 1 heterocycles. The molecule has 6 heteroatoms. The average Bonchev–Trinajstić information content (AvgIpc) is 2.87. The molecule has 1 aliphatic rings. The van der Waals surface area contributed by atoms with E-state index in [1.165, 1.54) is 23.6 Å². The summed E-state index contributed by atoms with van der Waals surface area (Å²) in [6, 6.07) is 14.3. The van der Waals surface area contributed by atoms with Gasteiger partial charge < -0.3 is 5.32 Å². The number of amides is 3. The number of rotatable bonds is 5. The Labute approximate surface area is 162 Å². The molecule has 3 rings (SSSR count). The van der Waals surface area contributed by atoms with Crippen molar-refractivity contribution in [2.45, 2.75) is 20.8 Å². The first kappa shape index (κ1) is 18.9. The van der Waals surface area contributed by atoms with E-state index in [0.717, 1.165) is 5.56 Å². The van der Waals surface area contributed by atoms with E-state index in [0.29, 0.717) is 33.2 Å². The van der Waals surface area contributed by atoms with Crippen LogP contribution in [0.3, 0.4) is 0 Å². The Bertz CT molecular complexity index is 931. The van der Waals surface area contributed by atoms with E-state index < -0.39 is 0 Å². The van der Waals surface area contributed by atoms with Crippen LogP contribution in [0.25, 0.3) is 5.57 Å². The second-order valence-corrected chi connectivity index (χ2v) is 7.45. The van der Waals surface area contributed by atoms with Crippen LogP contribution in [0.5, 0.6) is 0 Å². The standard InChI is InChI=1S/C21H20N2O3S/c1-4-27-19-18(15-7-9-16(10-8-15)22-14(3)24)20(25)23(21(19)26)17-11-5-13(2)6-12-17/h5-12H,4H2,1-3H3,(H,22,24). The zero-order valence-corrected chi connectivity index (χ0v) is 16.2. The molecule has 0 atom stereocenters. The Morgan fingerprint density at radius 1 is 1.00 bits per heavy atom. The number of nitrogens with one attached hydrogen (secondary N) is 1. The highest BCUT2D eigenvalue weighted by Crippen LogP contribution is 2.38. The molecule has 0 spiro atoms. The van der Waals surface area contributed by atoms with Gasteiger partial charge in [0.05, 0.1) is 16.2 Å². The molecule has 0 radical (unpaired) electrons. The SMILES string of the molecule is CCSC1=C(c2ccc(NC(C)=O)cc2)C(=O)N(c2ccc(C)cc2)C1=O. The van der Waals surface area contributed by atoms with Gasteiger partial charge in [0, 0.05) is 12.6 Å². The minimum Gasteiger partial charge on any atom is -0.326 e. The molecule has 0 saturated carbocycles. The maximum absolute atomic E-state index is 13.1. The molecule has 1 N–H and O–H groups in total. The van der Waals surface area contributed by atoms with E-state index in [1.807, 2.05) is 26.0 Å². The van der Waals surface area contributed by atoms with Gasteiger partial charge in [0.25, 0.3) is 11.8 Å². The summed E-state index contributed by atoms with van der Waals surface area (Å²) in [6.07, 6.45) is 0. The van der Waals surface area contributed by atoms with Gasteiger partial charge in [0.2, 0.25) is 5.91 Å². The van der Waals surface area contributed by atoms with E-state index in [1.54, 1.807) is 36.4 Å². The Morgan fingerprint density at radius 2 is 1.63 bits per heavy atom. The fourth-order valence-corrected chi connectivity index (χ4v) is 3.75. The zero-order valence-electron chi connectivity index (χ0n) is 15.4. The summed E-state index contributed by atoms with van der Waals surface area (Å²) in [4.78, 5) is 38.9. The summed E-state index contributed by atoms with van der Waals surface area (Å²) >= 11 is 1.37. The third-order valence-electron chi connectivity index (χ3n) is 4.12. The van der Waals surface area contributed by atoms with Gasteiger partial charge in [-0.2, -0.15) is 0 Å². The minimum atomic E-state index is -0.327. The van der Waals surface area contributed by atoms with Gasteiger partial charge in [-0.05, 0) is 42.5 Å². The van der Waals surface area contributed by atoms with Crippen LogP contribution < -0.4 is 10.2 Å². The normalized spacial score (nSPS) is 14.1. The summed E-state index contributed by atoms with van der Waals surface area (Å²) in [5.74, 6) is -0.102. The molecule has 3 amide bonds. The highest BCUT2D eigenvalue weighted by molar-refractivity contribution is 8.04. The predicted molar refractivity (Wildman–Crippen MR) is 109 cm³/mol. The van der Waals surface area contributed by atoms with Crippen molar-refractivity contribution in [1.82, 2.24) is 0 Å². The summed E-state index contributed by atoms with van der Waals surface area (Å²) in [6.45, 7) is 5.34. The molecule has 0 bridgehead atoms. The molecule has 1 aliphatic heterocycles. The van der Waals surface area contributed by atoms with Crippen molar-refractivity contribution in [2.24, 2.45) is 0 Å². The molecule has 5 nitrogen and oxygen atoms in total. The van der Waals surface area contributed by atoms with E-state index >= 15 is 0 Å². The van der Waals surface area contributed by atoms with Crippen molar-refractivity contribution in [3.8, 4) is 0 Å². The average molecular weight is 380 g/mol. The monoisotopic (exact) mass is 380 g/mol. The lowest BCUT2D eigenvalue weighted by molar-refractivity contribution is -0.120. The Balaban J connectivity index is 2.00. The molecule has 27 heavy (non-hydrogen) atoms. The van der Waals surface area contributed by atoms with Crippen LogP contribution in [0.1, 0.15) is 25.0 Å². The van der Waals surface area contributed by atoms with Gasteiger partial charge in [0.1, 0.15) is 0 Å². The third kappa shape index (κ3) is 3.80. The van der Waals surface area contributed by atoms with Crippen molar-refractivity contribution in [3.63, 3.8) is 0 Å². The first-order valence-electron chi connectivity index (χ1n) is 8.63. The minimum absolute atomic E-state index is 0.165. The third-order valence-corrected chi connectivity index (χ3v) is 5.07. The summed E-state index contributed by atoms with van der Waals surface area (Å²) < 4.78 is 0. The van der Waals surface area contributed by atoms with E-state index in [-0.39, 0.29) is 17.7 Å². The Hall–Kier alpha value is -2.86. The van der Waals surface area contributed by atoms with Gasteiger partial charge in [0.15, 0.2) is 0 Å². The Morgan fingerprint density at radius 3 is 2.19 bits per heavy atom. The van der Waals surface area contributed by atoms with E-state index in [4.69, 9.17) is 0 Å². The molecule has 0 unspecified atom stereocenters. The lowest BCUT2D eigenvalue weighted by atomic mass is 10.1. The molecule has 2 aromatic rings. The van der Waals surface area contributed by atoms with E-state index in [2.05, 4.69) is 5.32 Å². The number of nitrogens with zero attached hydrogens (tertiary/aromatic N) is 1. The van der Waals surface area contributed by atoms with Crippen LogP contribution >= 0.6 is 11.8 Å². The lowest BCUT2D eigenvalue weighted by Crippen LogP contribution is -2.31. The lowest BCUT2D eigenvalue weighted by Gasteiger charge is -2.15. The van der Waals surface area contributed by atoms with Crippen LogP contribution in [-0.4, -0.2) is 23.5 Å². The van der Waals surface area contributed by atoms with Crippen molar-refractivity contribution in [2.75, 3.05) is 16.0 Å². The molecular formula is C21H20N2O3S. The van der Waals surface area contributed by atoms with Crippen LogP contribution in [-0.2, 0) is 14.4 Å². The number of hydrogen-bond acceptors (Lipinski definition) is 4. The number of carbonyl (C=O) groups excluding carboxylic acids is 3. The second kappa shape index (κ2) is 7.80. The fourth-order valence-electron chi connectivity index (χ4n) is 2.89. The van der Waals surface area contributed by atoms with Crippen LogP contribution in [0.2, 0.25) is 0 Å². The summed E-state index contributed by atoms with van der Waals surface area (Å²) in [7, 11) is 0. The number of hydrogen-bond donors (Lipinski definition) is 1. The highest BCUT2D eigenvalue weighted by atomic mass is 32.2. The van der Waals surface area contributed by atoms with Crippen LogP contribution in [0.15, 0.2) is 53.4 Å². The van der Waals surface area contributed by atoms with Gasteiger partial charge in [-0.1, -0.05) is 36.8 Å². The fraction of sp³-hybridized carbons (Fsp3) is 0.190. The van der Waals surface area contributed by atoms with Crippen molar-refractivity contribution < 1.29 is 14.4 Å². The van der Waals surface area contributed by atoms with Crippen LogP contribution in [0, 0.1) is 6.92 Å². The molecule has 0 fully saturated rings. The molecule has 138 valence electrons. The first-order chi connectivity index (χ1) is 12.9. The van der Waals surface area contributed by atoms with Crippen molar-refractivity contribution in [3.05, 3.63) is 64.6 Å². The maximum Gasteiger partial charge on any atom is 0.272 e. The second-order valence-electron chi connectivity index (χ2n) is 6.18. The van der Waals surface area contributed by atoms with Gasteiger partial charge in [-0.3, -0.25) is 14.4 Å².